The van der Waals surface area contributed by atoms with Crippen molar-refractivity contribution in [2.45, 2.75) is 18.8 Å². The summed E-state index contributed by atoms with van der Waals surface area (Å²) in [6, 6.07) is 13.0. The third kappa shape index (κ3) is 3.44. The van der Waals surface area contributed by atoms with E-state index in [-0.39, 0.29) is 17.5 Å². The molecule has 140 valence electrons. The number of carbonyl (C=O) groups excluding carboxylic acids is 1. The van der Waals surface area contributed by atoms with Crippen LogP contribution in [-0.4, -0.2) is 38.2 Å². The van der Waals surface area contributed by atoms with Crippen LogP contribution >= 0.6 is 22.9 Å². The van der Waals surface area contributed by atoms with Crippen LogP contribution in [-0.2, 0) is 7.05 Å². The summed E-state index contributed by atoms with van der Waals surface area (Å²) < 4.78 is 3.62. The van der Waals surface area contributed by atoms with E-state index in [1.54, 1.807) is 23.7 Å². The minimum Gasteiger partial charge on any atom is -0.337 e. The zero-order valence-electron chi connectivity index (χ0n) is 14.8. The number of hydrogen-bond donors (Lipinski definition) is 0. The van der Waals surface area contributed by atoms with Gasteiger partial charge < -0.3 is 4.90 Å². The van der Waals surface area contributed by atoms with Crippen LogP contribution in [0.5, 0.6) is 0 Å². The fourth-order valence-corrected chi connectivity index (χ4v) is 4.54. The number of thiophene rings is 1. The second kappa shape index (κ2) is 7.32. The monoisotopic (exact) mass is 402 g/mol. The summed E-state index contributed by atoms with van der Waals surface area (Å²) in [5, 5.41) is 4.49. The molecule has 6 nitrogen and oxygen atoms in total. The average molecular weight is 403 g/mol. The van der Waals surface area contributed by atoms with Crippen molar-refractivity contribution in [1.29, 1.82) is 0 Å². The minimum absolute atomic E-state index is 0.00670. The summed E-state index contributed by atoms with van der Waals surface area (Å²) in [5.74, 6) is 0.698. The zero-order chi connectivity index (χ0) is 19.0. The fourth-order valence-electron chi connectivity index (χ4n) is 3.53. The number of nitrogens with zero attached hydrogens (tertiary/aromatic N) is 4. The van der Waals surface area contributed by atoms with E-state index in [9.17, 15) is 9.59 Å². The fraction of sp³-hybridized carbons (Fsp3) is 0.316. The summed E-state index contributed by atoms with van der Waals surface area (Å²) in [4.78, 5) is 27.9. The molecule has 0 saturated carbocycles. The molecule has 1 fully saturated rings. The third-order valence-corrected chi connectivity index (χ3v) is 6.04. The zero-order valence-corrected chi connectivity index (χ0v) is 16.4. The van der Waals surface area contributed by atoms with Gasteiger partial charge in [-0.05, 0) is 37.1 Å². The first kappa shape index (κ1) is 18.0. The molecule has 1 saturated heterocycles. The largest absolute Gasteiger partial charge is 0.350 e. The summed E-state index contributed by atoms with van der Waals surface area (Å²) >= 11 is 7.27. The standard InChI is InChI=1S/C19H19ClN4O2S/c1-22-19(26)24(14-7-3-2-4-8-14)17(21-22)13-6-5-11-23(12-13)18(25)15-9-10-16(20)27-15/h2-4,7-10,13H,5-6,11-12H2,1H3. The number of carbonyl (C=O) groups is 1. The number of aryl methyl sites for hydroxylation is 1. The quantitative estimate of drug-likeness (QED) is 0.675. The van der Waals surface area contributed by atoms with E-state index in [0.717, 1.165) is 18.5 Å². The van der Waals surface area contributed by atoms with Gasteiger partial charge in [-0.3, -0.25) is 4.79 Å². The highest BCUT2D eigenvalue weighted by atomic mass is 35.5. The molecule has 3 heterocycles. The Kier molecular flexibility index (Phi) is 4.88. The van der Waals surface area contributed by atoms with Gasteiger partial charge in [0.1, 0.15) is 5.82 Å². The van der Waals surface area contributed by atoms with Crippen molar-refractivity contribution in [3.8, 4) is 5.69 Å². The number of halogens is 1. The Balaban J connectivity index is 1.65. The molecule has 1 aromatic carbocycles. The van der Waals surface area contributed by atoms with Gasteiger partial charge in [0.05, 0.1) is 14.9 Å². The van der Waals surface area contributed by atoms with E-state index in [0.29, 0.717) is 28.1 Å². The van der Waals surface area contributed by atoms with Gasteiger partial charge >= 0.3 is 5.69 Å². The Labute approximate surface area is 165 Å². The van der Waals surface area contributed by atoms with Crippen LogP contribution in [0.15, 0.2) is 47.3 Å². The van der Waals surface area contributed by atoms with Crippen LogP contribution in [0.1, 0.15) is 34.3 Å². The molecule has 0 N–H and O–H groups in total. The molecule has 1 unspecified atom stereocenters. The summed E-state index contributed by atoms with van der Waals surface area (Å²) in [7, 11) is 1.66. The molecule has 8 heteroatoms. The van der Waals surface area contributed by atoms with Crippen LogP contribution in [0, 0.1) is 0 Å². The van der Waals surface area contributed by atoms with E-state index in [1.807, 2.05) is 35.2 Å². The van der Waals surface area contributed by atoms with E-state index in [4.69, 9.17) is 11.6 Å². The molecular formula is C19H19ClN4O2S. The summed E-state index contributed by atoms with van der Waals surface area (Å²) in [6.45, 7) is 1.24. The molecule has 2 aromatic heterocycles. The van der Waals surface area contributed by atoms with Gasteiger partial charge in [0.25, 0.3) is 5.91 Å². The van der Waals surface area contributed by atoms with Crippen LogP contribution in [0.2, 0.25) is 4.34 Å². The lowest BCUT2D eigenvalue weighted by atomic mass is 9.96. The van der Waals surface area contributed by atoms with E-state index < -0.39 is 0 Å². The summed E-state index contributed by atoms with van der Waals surface area (Å²) in [6.07, 6.45) is 1.76. The molecule has 4 rings (SSSR count). The van der Waals surface area contributed by atoms with E-state index >= 15 is 0 Å². The number of para-hydroxylation sites is 1. The van der Waals surface area contributed by atoms with Crippen LogP contribution < -0.4 is 5.69 Å². The van der Waals surface area contributed by atoms with Gasteiger partial charge in [-0.15, -0.1) is 11.3 Å². The van der Waals surface area contributed by atoms with Gasteiger partial charge in [0.15, 0.2) is 0 Å². The molecule has 1 amide bonds. The lowest BCUT2D eigenvalue weighted by Crippen LogP contribution is -2.39. The number of hydrogen-bond acceptors (Lipinski definition) is 4. The third-order valence-electron chi connectivity index (χ3n) is 4.82. The molecule has 27 heavy (non-hydrogen) atoms. The maximum absolute atomic E-state index is 12.8. The normalized spacial score (nSPS) is 17.3. The number of piperidine rings is 1. The maximum atomic E-state index is 12.8. The smallest absolute Gasteiger partial charge is 0.337 e. The van der Waals surface area contributed by atoms with Gasteiger partial charge in [-0.25, -0.2) is 14.0 Å². The van der Waals surface area contributed by atoms with Gasteiger partial charge in [0.2, 0.25) is 0 Å². The van der Waals surface area contributed by atoms with Crippen molar-refractivity contribution >= 4 is 28.8 Å². The number of aromatic nitrogens is 3. The Morgan fingerprint density at radius 1 is 1.22 bits per heavy atom. The van der Waals surface area contributed by atoms with Crippen molar-refractivity contribution in [1.82, 2.24) is 19.2 Å². The second-order valence-corrected chi connectivity index (χ2v) is 8.34. The lowest BCUT2D eigenvalue weighted by Gasteiger charge is -2.32. The van der Waals surface area contributed by atoms with Crippen LogP contribution in [0.3, 0.4) is 0 Å². The first-order valence-electron chi connectivity index (χ1n) is 8.80. The lowest BCUT2D eigenvalue weighted by molar-refractivity contribution is 0.0708. The number of likely N-dealkylation sites (tertiary alicyclic amines) is 1. The highest BCUT2D eigenvalue weighted by Gasteiger charge is 2.30. The minimum atomic E-state index is -0.176. The van der Waals surface area contributed by atoms with Gasteiger partial charge in [-0.2, -0.15) is 5.10 Å². The van der Waals surface area contributed by atoms with Gasteiger partial charge in [0, 0.05) is 26.1 Å². The SMILES string of the molecule is Cn1nc(C2CCCN(C(=O)c3ccc(Cl)s3)C2)n(-c2ccccc2)c1=O. The first-order valence-corrected chi connectivity index (χ1v) is 10.00. The Morgan fingerprint density at radius 3 is 2.70 bits per heavy atom. The number of rotatable bonds is 3. The molecule has 1 atom stereocenters. The van der Waals surface area contributed by atoms with E-state index in [2.05, 4.69) is 5.10 Å². The molecule has 0 radical (unpaired) electrons. The highest BCUT2D eigenvalue weighted by molar-refractivity contribution is 7.17. The predicted octanol–water partition coefficient (Wildman–Crippen LogP) is 3.31. The van der Waals surface area contributed by atoms with Crippen molar-refractivity contribution in [3.63, 3.8) is 0 Å². The van der Waals surface area contributed by atoms with E-state index in [1.165, 1.54) is 16.0 Å². The molecule has 0 bridgehead atoms. The Bertz CT molecular complexity index is 1020. The predicted molar refractivity (Wildman–Crippen MR) is 106 cm³/mol. The van der Waals surface area contributed by atoms with Gasteiger partial charge in [-0.1, -0.05) is 29.8 Å². The van der Waals surface area contributed by atoms with Crippen molar-refractivity contribution in [2.75, 3.05) is 13.1 Å². The van der Waals surface area contributed by atoms with Crippen molar-refractivity contribution in [3.05, 3.63) is 68.0 Å². The summed E-state index contributed by atoms with van der Waals surface area (Å²) in [5.41, 5.74) is 0.615. The molecule has 0 spiro atoms. The first-order chi connectivity index (χ1) is 13.0. The highest BCUT2D eigenvalue weighted by Crippen LogP contribution is 2.29. The van der Waals surface area contributed by atoms with Crippen LogP contribution in [0.25, 0.3) is 5.69 Å². The molecule has 1 aliphatic heterocycles. The topological polar surface area (TPSA) is 60.1 Å². The van der Waals surface area contributed by atoms with Crippen LogP contribution in [0.4, 0.5) is 0 Å². The Hall–Kier alpha value is -2.38. The second-order valence-electron chi connectivity index (χ2n) is 6.63. The maximum Gasteiger partial charge on any atom is 0.350 e. The number of benzene rings is 1. The molecule has 1 aliphatic rings. The van der Waals surface area contributed by atoms with Crippen molar-refractivity contribution < 1.29 is 4.79 Å². The molecular weight excluding hydrogens is 384 g/mol. The van der Waals surface area contributed by atoms with Crippen molar-refractivity contribution in [2.24, 2.45) is 7.05 Å². The molecule has 3 aromatic rings. The average Bonchev–Trinajstić information content (AvgIpc) is 3.25. The number of amides is 1. The Morgan fingerprint density at radius 2 is 2.00 bits per heavy atom. The molecule has 0 aliphatic carbocycles.